The van der Waals surface area contributed by atoms with E-state index in [1.165, 1.54) is 5.56 Å². The molecule has 0 unspecified atom stereocenters. The lowest BCUT2D eigenvalue weighted by Gasteiger charge is -2.48. The number of carbonyl (C=O) groups is 1. The van der Waals surface area contributed by atoms with Crippen molar-refractivity contribution in [3.8, 4) is 11.5 Å². The average molecular weight is 347 g/mol. The van der Waals surface area contributed by atoms with Crippen LogP contribution in [0.2, 0.25) is 0 Å². The topological polar surface area (TPSA) is 88.3 Å². The Morgan fingerprint density at radius 3 is 2.84 bits per heavy atom. The van der Waals surface area contributed by atoms with Crippen LogP contribution in [0.25, 0.3) is 0 Å². The molecule has 4 rings (SSSR count). The van der Waals surface area contributed by atoms with Gasteiger partial charge in [-0.1, -0.05) is 0 Å². The fourth-order valence-corrected chi connectivity index (χ4v) is 4.45. The zero-order valence-corrected chi connectivity index (χ0v) is 14.6. The Morgan fingerprint density at radius 1 is 1.36 bits per heavy atom. The molecule has 3 aliphatic heterocycles. The van der Waals surface area contributed by atoms with Crippen molar-refractivity contribution < 1.29 is 19.4 Å². The smallest absolute Gasteiger partial charge is 0.410 e. The van der Waals surface area contributed by atoms with Crippen molar-refractivity contribution in [1.82, 2.24) is 9.80 Å². The number of aromatic hydroxyl groups is 1. The number of fused-ring (bicyclic) bond motifs is 3. The number of phenols is 1. The van der Waals surface area contributed by atoms with E-state index in [0.717, 1.165) is 31.5 Å². The molecule has 136 valence electrons. The number of nitrogens with zero attached hydrogens (tertiary/aromatic N) is 2. The first kappa shape index (κ1) is 16.5. The summed E-state index contributed by atoms with van der Waals surface area (Å²) in [7, 11) is 1.56. The molecule has 1 amide bonds. The summed E-state index contributed by atoms with van der Waals surface area (Å²) in [5.74, 6) is 0.676. The van der Waals surface area contributed by atoms with Gasteiger partial charge in [-0.05, 0) is 43.0 Å². The van der Waals surface area contributed by atoms with Crippen molar-refractivity contribution in [2.75, 3.05) is 26.7 Å². The number of phenolic OH excluding ortho intramolecular Hbond substituents is 1. The van der Waals surface area contributed by atoms with E-state index in [2.05, 4.69) is 4.90 Å². The predicted molar refractivity (Wildman–Crippen MR) is 91.7 cm³/mol. The number of methoxy groups -OCH3 is 1. The van der Waals surface area contributed by atoms with Gasteiger partial charge in [-0.25, -0.2) is 4.79 Å². The largest absolute Gasteiger partial charge is 0.504 e. The number of ether oxygens (including phenoxy) is 2. The van der Waals surface area contributed by atoms with Gasteiger partial charge >= 0.3 is 6.09 Å². The summed E-state index contributed by atoms with van der Waals surface area (Å²) in [5, 5.41) is 10.0. The Labute approximate surface area is 147 Å². The number of benzene rings is 1. The lowest BCUT2D eigenvalue weighted by Crippen LogP contribution is -2.60. The van der Waals surface area contributed by atoms with Crippen molar-refractivity contribution in [2.24, 2.45) is 5.73 Å². The predicted octanol–water partition coefficient (Wildman–Crippen LogP) is 1.24. The van der Waals surface area contributed by atoms with E-state index in [4.69, 9.17) is 15.2 Å². The van der Waals surface area contributed by atoms with Gasteiger partial charge in [0.2, 0.25) is 0 Å². The minimum absolute atomic E-state index is 0.0192. The minimum atomic E-state index is -0.254. The number of piperidine rings is 1. The molecule has 0 spiro atoms. The molecule has 1 aromatic carbocycles. The maximum atomic E-state index is 12.1. The molecular weight excluding hydrogens is 322 g/mol. The molecule has 25 heavy (non-hydrogen) atoms. The minimum Gasteiger partial charge on any atom is -0.504 e. The normalized spacial score (nSPS) is 32.1. The van der Waals surface area contributed by atoms with Gasteiger partial charge in [0.25, 0.3) is 0 Å². The molecule has 0 saturated carbocycles. The highest BCUT2D eigenvalue weighted by Gasteiger charge is 2.44. The van der Waals surface area contributed by atoms with Gasteiger partial charge in [0.15, 0.2) is 11.5 Å². The van der Waals surface area contributed by atoms with Gasteiger partial charge in [0.05, 0.1) is 19.7 Å². The second kappa shape index (κ2) is 6.07. The molecule has 0 bridgehead atoms. The third kappa shape index (κ3) is 2.71. The molecule has 4 atom stereocenters. The van der Waals surface area contributed by atoms with Gasteiger partial charge in [-0.2, -0.15) is 0 Å². The van der Waals surface area contributed by atoms with Crippen molar-refractivity contribution in [1.29, 1.82) is 0 Å². The highest BCUT2D eigenvalue weighted by Crippen LogP contribution is 2.42. The molecule has 2 fully saturated rings. The standard InChI is InChI=1S/C18H25N3O4/c1-10-8-21(18(23)25-10)15-9-20-4-3-11-5-16(22)17(24-2)6-12(11)14(20)7-13(15)19/h5-6,10,13-15,22H,3-4,7-9,19H2,1-2H3/t10-,13+,14+,15+/m1/s1. The van der Waals surface area contributed by atoms with E-state index in [-0.39, 0.29) is 36.1 Å². The Bertz CT molecular complexity index is 695. The molecule has 3 N–H and O–H groups in total. The number of carbonyl (C=O) groups excluding carboxylic acids is 1. The Hall–Kier alpha value is -1.99. The molecule has 0 radical (unpaired) electrons. The number of cyclic esters (lactones) is 1. The van der Waals surface area contributed by atoms with Gasteiger partial charge < -0.3 is 20.3 Å². The lowest BCUT2D eigenvalue weighted by atomic mass is 9.83. The zero-order chi connectivity index (χ0) is 17.7. The monoisotopic (exact) mass is 347 g/mol. The van der Waals surface area contributed by atoms with Crippen LogP contribution in [-0.2, 0) is 11.2 Å². The van der Waals surface area contributed by atoms with Crippen molar-refractivity contribution in [2.45, 2.75) is 44.0 Å². The van der Waals surface area contributed by atoms with Crippen molar-refractivity contribution in [3.63, 3.8) is 0 Å². The quantitative estimate of drug-likeness (QED) is 0.837. The summed E-state index contributed by atoms with van der Waals surface area (Å²) in [6, 6.07) is 3.81. The second-order valence-corrected chi connectivity index (χ2v) is 7.30. The van der Waals surface area contributed by atoms with E-state index in [9.17, 15) is 9.90 Å². The maximum Gasteiger partial charge on any atom is 0.410 e. The Kier molecular flexibility index (Phi) is 4.00. The Balaban J connectivity index is 1.59. The van der Waals surface area contributed by atoms with Crippen LogP contribution >= 0.6 is 0 Å². The van der Waals surface area contributed by atoms with Crippen LogP contribution in [0, 0.1) is 0 Å². The summed E-state index contributed by atoms with van der Waals surface area (Å²) < 4.78 is 10.6. The van der Waals surface area contributed by atoms with E-state index in [0.29, 0.717) is 12.3 Å². The van der Waals surface area contributed by atoms with Crippen LogP contribution < -0.4 is 10.5 Å². The van der Waals surface area contributed by atoms with Crippen LogP contribution in [0.1, 0.15) is 30.5 Å². The first-order valence-corrected chi connectivity index (χ1v) is 8.84. The third-order valence-corrected chi connectivity index (χ3v) is 5.71. The molecule has 3 aliphatic rings. The molecule has 7 heteroatoms. The summed E-state index contributed by atoms with van der Waals surface area (Å²) in [4.78, 5) is 16.3. The summed E-state index contributed by atoms with van der Waals surface area (Å²) in [6.07, 6.45) is 1.30. The van der Waals surface area contributed by atoms with Crippen LogP contribution in [-0.4, -0.2) is 65.9 Å². The maximum absolute atomic E-state index is 12.1. The van der Waals surface area contributed by atoms with Crippen LogP contribution in [0.3, 0.4) is 0 Å². The molecule has 1 aromatic rings. The van der Waals surface area contributed by atoms with Crippen molar-refractivity contribution in [3.05, 3.63) is 23.3 Å². The van der Waals surface area contributed by atoms with E-state index in [1.807, 2.05) is 19.1 Å². The molecule has 3 heterocycles. The zero-order valence-electron chi connectivity index (χ0n) is 14.6. The average Bonchev–Trinajstić information content (AvgIpc) is 2.91. The SMILES string of the molecule is COc1cc2c(cc1O)CCN1C[C@H](N3C[C@@H](C)OC3=O)[C@@H](N)C[C@@H]21. The second-order valence-electron chi connectivity index (χ2n) is 7.30. The fraction of sp³-hybridized carbons (Fsp3) is 0.611. The highest BCUT2D eigenvalue weighted by atomic mass is 16.6. The van der Waals surface area contributed by atoms with Crippen LogP contribution in [0.15, 0.2) is 12.1 Å². The number of hydrogen-bond acceptors (Lipinski definition) is 6. The first-order chi connectivity index (χ1) is 12.0. The van der Waals surface area contributed by atoms with E-state index in [1.54, 1.807) is 12.0 Å². The summed E-state index contributed by atoms with van der Waals surface area (Å²) >= 11 is 0. The first-order valence-electron chi connectivity index (χ1n) is 8.84. The molecule has 7 nitrogen and oxygen atoms in total. The van der Waals surface area contributed by atoms with Crippen LogP contribution in [0.4, 0.5) is 4.79 Å². The van der Waals surface area contributed by atoms with Gasteiger partial charge in [-0.3, -0.25) is 9.80 Å². The lowest BCUT2D eigenvalue weighted by molar-refractivity contribution is 0.0566. The summed E-state index contributed by atoms with van der Waals surface area (Å²) in [5.41, 5.74) is 8.80. The molecule has 2 saturated heterocycles. The Morgan fingerprint density at radius 2 is 2.16 bits per heavy atom. The number of rotatable bonds is 2. The van der Waals surface area contributed by atoms with E-state index >= 15 is 0 Å². The third-order valence-electron chi connectivity index (χ3n) is 5.71. The highest BCUT2D eigenvalue weighted by molar-refractivity contribution is 5.70. The number of amides is 1. The van der Waals surface area contributed by atoms with Gasteiger partial charge in [0, 0.05) is 25.2 Å². The van der Waals surface area contributed by atoms with Gasteiger partial charge in [0.1, 0.15) is 6.10 Å². The summed E-state index contributed by atoms with van der Waals surface area (Å²) in [6.45, 7) is 4.15. The fourth-order valence-electron chi connectivity index (χ4n) is 4.45. The van der Waals surface area contributed by atoms with E-state index < -0.39 is 0 Å². The van der Waals surface area contributed by atoms with Crippen LogP contribution in [0.5, 0.6) is 11.5 Å². The molecular formula is C18H25N3O4. The number of nitrogens with two attached hydrogens (primary N) is 1. The molecule has 0 aromatic heterocycles. The van der Waals surface area contributed by atoms with Gasteiger partial charge in [-0.15, -0.1) is 0 Å². The number of hydrogen-bond donors (Lipinski definition) is 2. The van der Waals surface area contributed by atoms with Crippen molar-refractivity contribution >= 4 is 6.09 Å². The molecule has 0 aliphatic carbocycles.